The summed E-state index contributed by atoms with van der Waals surface area (Å²) in [5.74, 6) is 0. The van der Waals surface area contributed by atoms with Crippen LogP contribution in [-0.2, 0) is 0 Å². The molecule has 0 aliphatic carbocycles. The molecule has 0 fully saturated rings. The molecule has 2 nitrogen and oxygen atoms in total. The Kier molecular flexibility index (Phi) is 7.06. The second kappa shape index (κ2) is 12.0. The summed E-state index contributed by atoms with van der Waals surface area (Å²) in [5.41, 5.74) is 13.2. The normalized spacial score (nSPS) is 11.4. The number of hydrogen-bond acceptors (Lipinski definition) is 1. The van der Waals surface area contributed by atoms with Crippen molar-refractivity contribution >= 4 is 44.0 Å². The molecule has 232 valence electrons. The lowest BCUT2D eigenvalue weighted by Gasteiger charge is -2.19. The second-order valence-electron chi connectivity index (χ2n) is 12.7. The standard InChI is InChI=1S/C47H34N2/c1-48(40-17-6-3-7-18-40)41-28-26-35(27-29-41)34-22-24-36(25-23-34)43-20-11-21-44-45-31-38-14-8-9-15-39(38)32-46(45)49(47(43)44)42-19-10-16-37(30-42)33-12-4-2-5-13-33/h2-32H,1H3. The number of para-hydroxylation sites is 2. The molecule has 0 aliphatic heterocycles. The van der Waals surface area contributed by atoms with Crippen LogP contribution in [0.4, 0.5) is 11.4 Å². The summed E-state index contributed by atoms with van der Waals surface area (Å²) < 4.78 is 2.47. The Morgan fingerprint density at radius 1 is 0.388 bits per heavy atom. The fourth-order valence-corrected chi connectivity index (χ4v) is 7.23. The molecule has 0 radical (unpaired) electrons. The SMILES string of the molecule is CN(c1ccccc1)c1ccc(-c2ccc(-c3cccc4c5cc6ccccc6cc5n(-c5cccc(-c6ccccc6)c5)c34)cc2)cc1. The second-order valence-corrected chi connectivity index (χ2v) is 12.7. The molecule has 0 N–H and O–H groups in total. The minimum atomic E-state index is 1.15. The zero-order valence-corrected chi connectivity index (χ0v) is 27.3. The van der Waals surface area contributed by atoms with Gasteiger partial charge in [-0.15, -0.1) is 0 Å². The molecule has 0 aliphatic rings. The lowest BCUT2D eigenvalue weighted by atomic mass is 9.98. The lowest BCUT2D eigenvalue weighted by molar-refractivity contribution is 1.18. The van der Waals surface area contributed by atoms with Crippen LogP contribution in [0.25, 0.3) is 71.6 Å². The zero-order valence-electron chi connectivity index (χ0n) is 27.3. The van der Waals surface area contributed by atoms with Gasteiger partial charge in [0.2, 0.25) is 0 Å². The highest BCUT2D eigenvalue weighted by Gasteiger charge is 2.18. The number of fused-ring (bicyclic) bond motifs is 4. The number of aromatic nitrogens is 1. The zero-order chi connectivity index (χ0) is 32.7. The Hall–Kier alpha value is -6.38. The first-order valence-electron chi connectivity index (χ1n) is 16.8. The Labute approximate surface area is 286 Å². The third kappa shape index (κ3) is 5.15. The van der Waals surface area contributed by atoms with Gasteiger partial charge in [0, 0.05) is 40.4 Å². The third-order valence-electron chi connectivity index (χ3n) is 9.79. The highest BCUT2D eigenvalue weighted by Crippen LogP contribution is 2.41. The van der Waals surface area contributed by atoms with Crippen molar-refractivity contribution in [1.82, 2.24) is 4.57 Å². The summed E-state index contributed by atoms with van der Waals surface area (Å²) >= 11 is 0. The first kappa shape index (κ1) is 28.8. The van der Waals surface area contributed by atoms with Crippen molar-refractivity contribution in [2.24, 2.45) is 0 Å². The van der Waals surface area contributed by atoms with E-state index in [1.165, 1.54) is 71.6 Å². The minimum absolute atomic E-state index is 1.15. The van der Waals surface area contributed by atoms with Crippen molar-refractivity contribution < 1.29 is 0 Å². The van der Waals surface area contributed by atoms with Crippen molar-refractivity contribution in [2.75, 3.05) is 11.9 Å². The molecule has 1 aromatic heterocycles. The van der Waals surface area contributed by atoms with Gasteiger partial charge < -0.3 is 9.47 Å². The monoisotopic (exact) mass is 626 g/mol. The fraction of sp³-hybridized carbons (Fsp3) is 0.0213. The van der Waals surface area contributed by atoms with E-state index in [1.807, 2.05) is 0 Å². The molecule has 0 bridgehead atoms. The van der Waals surface area contributed by atoms with Gasteiger partial charge in [0.05, 0.1) is 11.0 Å². The molecule has 8 aromatic carbocycles. The maximum Gasteiger partial charge on any atom is 0.0619 e. The summed E-state index contributed by atoms with van der Waals surface area (Å²) in [5, 5.41) is 5.01. The highest BCUT2D eigenvalue weighted by atomic mass is 15.1. The smallest absolute Gasteiger partial charge is 0.0619 e. The summed E-state index contributed by atoms with van der Waals surface area (Å²) in [7, 11) is 2.11. The van der Waals surface area contributed by atoms with Crippen LogP contribution in [0.15, 0.2) is 188 Å². The quantitative estimate of drug-likeness (QED) is 0.178. The van der Waals surface area contributed by atoms with E-state index in [-0.39, 0.29) is 0 Å². The van der Waals surface area contributed by atoms with Gasteiger partial charge in [0.1, 0.15) is 0 Å². The Bertz CT molecular complexity index is 2580. The summed E-state index contributed by atoms with van der Waals surface area (Å²) in [6.45, 7) is 0. The van der Waals surface area contributed by atoms with Crippen molar-refractivity contribution in [1.29, 1.82) is 0 Å². The van der Waals surface area contributed by atoms with Crippen molar-refractivity contribution in [2.45, 2.75) is 0 Å². The number of nitrogens with zero attached hydrogens (tertiary/aromatic N) is 2. The summed E-state index contributed by atoms with van der Waals surface area (Å²) in [6, 6.07) is 68.0. The average molecular weight is 627 g/mol. The number of rotatable bonds is 6. The van der Waals surface area contributed by atoms with Gasteiger partial charge in [-0.25, -0.2) is 0 Å². The molecule has 0 unspecified atom stereocenters. The summed E-state index contributed by atoms with van der Waals surface area (Å²) in [4.78, 5) is 2.21. The highest BCUT2D eigenvalue weighted by molar-refractivity contribution is 6.17. The minimum Gasteiger partial charge on any atom is -0.345 e. The fourth-order valence-electron chi connectivity index (χ4n) is 7.23. The van der Waals surface area contributed by atoms with Crippen LogP contribution < -0.4 is 4.90 Å². The van der Waals surface area contributed by atoms with Crippen LogP contribution >= 0.6 is 0 Å². The number of hydrogen-bond donors (Lipinski definition) is 0. The molecule has 1 heterocycles. The third-order valence-corrected chi connectivity index (χ3v) is 9.79. The van der Waals surface area contributed by atoms with Crippen molar-refractivity contribution in [3.63, 3.8) is 0 Å². The van der Waals surface area contributed by atoms with Crippen LogP contribution in [0.5, 0.6) is 0 Å². The van der Waals surface area contributed by atoms with E-state index >= 15 is 0 Å². The predicted octanol–water partition coefficient (Wildman–Crippen LogP) is 12.7. The van der Waals surface area contributed by atoms with Gasteiger partial charge in [-0.1, -0.05) is 140 Å². The van der Waals surface area contributed by atoms with Gasteiger partial charge in [-0.3, -0.25) is 0 Å². The van der Waals surface area contributed by atoms with Crippen LogP contribution in [0.1, 0.15) is 0 Å². The topological polar surface area (TPSA) is 8.17 Å². The Morgan fingerprint density at radius 2 is 0.939 bits per heavy atom. The number of anilines is 2. The molecule has 2 heteroatoms. The van der Waals surface area contributed by atoms with E-state index in [9.17, 15) is 0 Å². The van der Waals surface area contributed by atoms with E-state index in [0.717, 1.165) is 11.4 Å². The molecule has 0 spiro atoms. The molecule has 0 saturated heterocycles. The van der Waals surface area contributed by atoms with E-state index in [1.54, 1.807) is 0 Å². The first-order chi connectivity index (χ1) is 24.2. The Morgan fingerprint density at radius 3 is 1.67 bits per heavy atom. The molecule has 0 saturated carbocycles. The van der Waals surface area contributed by atoms with Crippen LogP contribution in [0, 0.1) is 0 Å². The van der Waals surface area contributed by atoms with E-state index in [2.05, 4.69) is 205 Å². The number of benzene rings is 8. The van der Waals surface area contributed by atoms with Gasteiger partial charge in [-0.05, 0) is 87.1 Å². The van der Waals surface area contributed by atoms with Crippen LogP contribution in [-0.4, -0.2) is 11.6 Å². The summed E-state index contributed by atoms with van der Waals surface area (Å²) in [6.07, 6.45) is 0. The molecule has 49 heavy (non-hydrogen) atoms. The van der Waals surface area contributed by atoms with Crippen molar-refractivity contribution in [3.05, 3.63) is 188 Å². The van der Waals surface area contributed by atoms with E-state index in [0.29, 0.717) is 0 Å². The maximum absolute atomic E-state index is 2.47. The molecular weight excluding hydrogens is 593 g/mol. The van der Waals surface area contributed by atoms with Gasteiger partial charge in [-0.2, -0.15) is 0 Å². The van der Waals surface area contributed by atoms with Gasteiger partial charge in [0.15, 0.2) is 0 Å². The van der Waals surface area contributed by atoms with Gasteiger partial charge in [0.25, 0.3) is 0 Å². The molecule has 9 rings (SSSR count). The first-order valence-corrected chi connectivity index (χ1v) is 16.8. The Balaban J connectivity index is 1.17. The van der Waals surface area contributed by atoms with Gasteiger partial charge >= 0.3 is 0 Å². The van der Waals surface area contributed by atoms with Crippen LogP contribution in [0.3, 0.4) is 0 Å². The van der Waals surface area contributed by atoms with Crippen molar-refractivity contribution in [3.8, 4) is 39.1 Å². The predicted molar refractivity (Wildman–Crippen MR) is 209 cm³/mol. The average Bonchev–Trinajstić information content (AvgIpc) is 3.51. The van der Waals surface area contributed by atoms with Crippen LogP contribution in [0.2, 0.25) is 0 Å². The maximum atomic E-state index is 2.47. The molecule has 0 atom stereocenters. The largest absolute Gasteiger partial charge is 0.345 e. The molecular formula is C47H34N2. The molecule has 9 aromatic rings. The van der Waals surface area contributed by atoms with E-state index < -0.39 is 0 Å². The molecule has 0 amide bonds. The van der Waals surface area contributed by atoms with E-state index in [4.69, 9.17) is 0 Å². The lowest BCUT2D eigenvalue weighted by Crippen LogP contribution is -2.08.